The van der Waals surface area contributed by atoms with Crippen LogP contribution in [-0.4, -0.2) is 12.6 Å². The zero-order valence-corrected chi connectivity index (χ0v) is 12.0. The Morgan fingerprint density at radius 1 is 1.21 bits per heavy atom. The van der Waals surface area contributed by atoms with Crippen LogP contribution in [0.25, 0.3) is 0 Å². The number of hydrogen-bond donors (Lipinski definition) is 2. The Morgan fingerprint density at radius 3 is 2.47 bits per heavy atom. The highest BCUT2D eigenvalue weighted by atomic mass is 16.2. The Bertz CT molecular complexity index is 421. The van der Waals surface area contributed by atoms with Crippen molar-refractivity contribution >= 4 is 6.03 Å². The molecule has 0 atom stereocenters. The van der Waals surface area contributed by atoms with E-state index in [0.29, 0.717) is 0 Å². The van der Waals surface area contributed by atoms with E-state index in [1.165, 1.54) is 24.0 Å². The lowest BCUT2D eigenvalue weighted by Gasteiger charge is -2.18. The standard InChI is InChI=1S/C16H24N2O/c1-3-4-5-12-17-15(19)18-16(10-11-16)14-8-6-13(2)7-9-14/h6-9H,3-5,10-12H2,1-2H3,(H2,17,18,19). The van der Waals surface area contributed by atoms with Crippen LogP contribution < -0.4 is 10.6 Å². The molecule has 19 heavy (non-hydrogen) atoms. The normalized spacial score (nSPS) is 15.9. The molecule has 104 valence electrons. The third kappa shape index (κ3) is 3.72. The molecule has 3 nitrogen and oxygen atoms in total. The smallest absolute Gasteiger partial charge is 0.315 e. The summed E-state index contributed by atoms with van der Waals surface area (Å²) in [6.45, 7) is 5.01. The molecule has 0 heterocycles. The van der Waals surface area contributed by atoms with Crippen LogP contribution >= 0.6 is 0 Å². The van der Waals surface area contributed by atoms with E-state index in [-0.39, 0.29) is 11.6 Å². The average Bonchev–Trinajstić information content (AvgIpc) is 3.16. The van der Waals surface area contributed by atoms with E-state index in [1.807, 2.05) is 0 Å². The van der Waals surface area contributed by atoms with Gasteiger partial charge in [0.05, 0.1) is 5.54 Å². The third-order valence-electron chi connectivity index (χ3n) is 3.77. The molecule has 0 aliphatic heterocycles. The second-order valence-electron chi connectivity index (χ2n) is 5.54. The first kappa shape index (κ1) is 13.9. The molecule has 1 aliphatic rings. The maximum atomic E-state index is 11.9. The van der Waals surface area contributed by atoms with Gasteiger partial charge in [-0.05, 0) is 31.7 Å². The monoisotopic (exact) mass is 260 g/mol. The predicted molar refractivity (Wildman–Crippen MR) is 78.2 cm³/mol. The fourth-order valence-corrected chi connectivity index (χ4v) is 2.32. The number of unbranched alkanes of at least 4 members (excludes halogenated alkanes) is 2. The van der Waals surface area contributed by atoms with E-state index < -0.39 is 0 Å². The van der Waals surface area contributed by atoms with Crippen LogP contribution in [0.1, 0.15) is 50.2 Å². The number of nitrogens with one attached hydrogen (secondary N) is 2. The first-order valence-corrected chi connectivity index (χ1v) is 7.29. The van der Waals surface area contributed by atoms with Crippen LogP contribution in [0.15, 0.2) is 24.3 Å². The molecule has 1 aliphatic carbocycles. The van der Waals surface area contributed by atoms with Crippen molar-refractivity contribution in [2.24, 2.45) is 0 Å². The molecule has 2 N–H and O–H groups in total. The van der Waals surface area contributed by atoms with E-state index in [4.69, 9.17) is 0 Å². The van der Waals surface area contributed by atoms with Gasteiger partial charge in [-0.1, -0.05) is 49.6 Å². The summed E-state index contributed by atoms with van der Waals surface area (Å²) in [7, 11) is 0. The molecule has 3 heteroatoms. The van der Waals surface area contributed by atoms with E-state index in [0.717, 1.165) is 25.8 Å². The van der Waals surface area contributed by atoms with Crippen LogP contribution in [0.2, 0.25) is 0 Å². The van der Waals surface area contributed by atoms with Crippen LogP contribution in [0.5, 0.6) is 0 Å². The second kappa shape index (κ2) is 6.09. The number of hydrogen-bond acceptors (Lipinski definition) is 1. The highest BCUT2D eigenvalue weighted by Crippen LogP contribution is 2.45. The number of aryl methyl sites for hydroxylation is 1. The van der Waals surface area contributed by atoms with Gasteiger partial charge in [0.1, 0.15) is 0 Å². The molecule has 1 saturated carbocycles. The maximum absolute atomic E-state index is 11.9. The van der Waals surface area contributed by atoms with Gasteiger partial charge in [-0.2, -0.15) is 0 Å². The van der Waals surface area contributed by atoms with Gasteiger partial charge < -0.3 is 10.6 Å². The molecule has 1 aromatic rings. The summed E-state index contributed by atoms with van der Waals surface area (Å²) < 4.78 is 0. The Kier molecular flexibility index (Phi) is 4.46. The largest absolute Gasteiger partial charge is 0.338 e. The minimum Gasteiger partial charge on any atom is -0.338 e. The first-order valence-electron chi connectivity index (χ1n) is 7.29. The molecule has 2 rings (SSSR count). The minimum atomic E-state index is -0.109. The highest BCUT2D eigenvalue weighted by Gasteiger charge is 2.45. The predicted octanol–water partition coefficient (Wildman–Crippen LogP) is 3.47. The van der Waals surface area contributed by atoms with Crippen molar-refractivity contribution < 1.29 is 4.79 Å². The summed E-state index contributed by atoms with van der Waals surface area (Å²) in [5, 5.41) is 6.07. The minimum absolute atomic E-state index is 0.0332. The average molecular weight is 260 g/mol. The molecule has 0 bridgehead atoms. The summed E-state index contributed by atoms with van der Waals surface area (Å²) in [4.78, 5) is 11.9. The summed E-state index contributed by atoms with van der Waals surface area (Å²) in [6.07, 6.45) is 5.48. The molecule has 1 fully saturated rings. The van der Waals surface area contributed by atoms with Gasteiger partial charge in [0.2, 0.25) is 0 Å². The lowest BCUT2D eigenvalue weighted by atomic mass is 10.0. The summed E-state index contributed by atoms with van der Waals surface area (Å²) in [5.41, 5.74) is 2.37. The molecule has 0 saturated heterocycles. The quantitative estimate of drug-likeness (QED) is 0.755. The molecule has 0 radical (unpaired) electrons. The van der Waals surface area contributed by atoms with Crippen molar-refractivity contribution in [3.8, 4) is 0 Å². The molecule has 2 amide bonds. The Hall–Kier alpha value is -1.51. The summed E-state index contributed by atoms with van der Waals surface area (Å²) in [5.74, 6) is 0. The van der Waals surface area contributed by atoms with E-state index in [9.17, 15) is 4.79 Å². The SMILES string of the molecule is CCCCCNC(=O)NC1(c2ccc(C)cc2)CC1. The van der Waals surface area contributed by atoms with Gasteiger partial charge in [-0.3, -0.25) is 0 Å². The maximum Gasteiger partial charge on any atom is 0.315 e. The van der Waals surface area contributed by atoms with Crippen LogP contribution in [0.4, 0.5) is 4.79 Å². The van der Waals surface area contributed by atoms with Gasteiger partial charge in [0, 0.05) is 6.54 Å². The molecule has 0 spiro atoms. The molecular formula is C16H24N2O. The van der Waals surface area contributed by atoms with Crippen molar-refractivity contribution in [1.29, 1.82) is 0 Å². The van der Waals surface area contributed by atoms with Crippen molar-refractivity contribution in [1.82, 2.24) is 10.6 Å². The van der Waals surface area contributed by atoms with Gasteiger partial charge in [-0.15, -0.1) is 0 Å². The van der Waals surface area contributed by atoms with Crippen molar-refractivity contribution in [3.05, 3.63) is 35.4 Å². The molecule has 0 aromatic heterocycles. The number of benzene rings is 1. The van der Waals surface area contributed by atoms with Crippen molar-refractivity contribution in [2.75, 3.05) is 6.54 Å². The number of carbonyl (C=O) groups excluding carboxylic acids is 1. The molecule has 0 unspecified atom stereocenters. The highest BCUT2D eigenvalue weighted by molar-refractivity contribution is 5.75. The zero-order chi connectivity index (χ0) is 13.7. The fraction of sp³-hybridized carbons (Fsp3) is 0.562. The van der Waals surface area contributed by atoms with Crippen LogP contribution in [0, 0.1) is 6.92 Å². The van der Waals surface area contributed by atoms with Gasteiger partial charge in [0.25, 0.3) is 0 Å². The Balaban J connectivity index is 1.84. The number of rotatable bonds is 6. The topological polar surface area (TPSA) is 41.1 Å². The summed E-state index contributed by atoms with van der Waals surface area (Å²) >= 11 is 0. The van der Waals surface area contributed by atoms with Crippen molar-refractivity contribution in [3.63, 3.8) is 0 Å². The van der Waals surface area contributed by atoms with Crippen LogP contribution in [0.3, 0.4) is 0 Å². The van der Waals surface area contributed by atoms with Crippen molar-refractivity contribution in [2.45, 2.75) is 51.5 Å². The Morgan fingerprint density at radius 2 is 1.89 bits per heavy atom. The first-order chi connectivity index (χ1) is 9.16. The fourth-order valence-electron chi connectivity index (χ4n) is 2.32. The number of urea groups is 1. The lowest BCUT2D eigenvalue weighted by Crippen LogP contribution is -2.42. The Labute approximate surface area is 115 Å². The number of amides is 2. The molecule has 1 aromatic carbocycles. The third-order valence-corrected chi connectivity index (χ3v) is 3.77. The summed E-state index contributed by atoms with van der Waals surface area (Å²) in [6, 6.07) is 8.43. The number of carbonyl (C=O) groups is 1. The van der Waals surface area contributed by atoms with Crippen LogP contribution in [-0.2, 0) is 5.54 Å². The van der Waals surface area contributed by atoms with Gasteiger partial charge in [-0.25, -0.2) is 4.79 Å². The van der Waals surface area contributed by atoms with Gasteiger partial charge >= 0.3 is 6.03 Å². The molecular weight excluding hydrogens is 236 g/mol. The second-order valence-corrected chi connectivity index (χ2v) is 5.54. The van der Waals surface area contributed by atoms with E-state index in [1.54, 1.807) is 0 Å². The van der Waals surface area contributed by atoms with E-state index in [2.05, 4.69) is 48.7 Å². The van der Waals surface area contributed by atoms with E-state index >= 15 is 0 Å². The zero-order valence-electron chi connectivity index (χ0n) is 12.0. The lowest BCUT2D eigenvalue weighted by molar-refractivity contribution is 0.235. The van der Waals surface area contributed by atoms with Gasteiger partial charge in [0.15, 0.2) is 0 Å².